The first kappa shape index (κ1) is 21.0. The van der Waals surface area contributed by atoms with Gasteiger partial charge in [-0.2, -0.15) is 0 Å². The minimum absolute atomic E-state index is 0.139. The zero-order chi connectivity index (χ0) is 21.8. The van der Waals surface area contributed by atoms with Crippen LogP contribution in [0.5, 0.6) is 0 Å². The fraction of sp³-hybridized carbons (Fsp3) is 0.217. The summed E-state index contributed by atoms with van der Waals surface area (Å²) < 4.78 is 28.5. The summed E-state index contributed by atoms with van der Waals surface area (Å²) in [6.45, 7) is 1.34. The summed E-state index contributed by atoms with van der Waals surface area (Å²) in [5, 5.41) is 0. The average Bonchev–Trinajstić information content (AvgIpc) is 2.80. The number of hydrogen-bond acceptors (Lipinski definition) is 5. The van der Waals surface area contributed by atoms with E-state index in [1.807, 2.05) is 42.5 Å². The summed E-state index contributed by atoms with van der Waals surface area (Å²) >= 11 is 0. The van der Waals surface area contributed by atoms with Gasteiger partial charge in [0.1, 0.15) is 5.82 Å². The fourth-order valence-corrected chi connectivity index (χ4v) is 4.99. The third-order valence-corrected chi connectivity index (χ3v) is 6.98. The molecule has 2 aromatic carbocycles. The lowest BCUT2D eigenvalue weighted by atomic mass is 10.1. The maximum absolute atomic E-state index is 12.8. The Hall–Kier alpha value is -3.23. The highest BCUT2D eigenvalue weighted by atomic mass is 32.2. The van der Waals surface area contributed by atoms with Crippen LogP contribution in [0.2, 0.25) is 0 Å². The van der Waals surface area contributed by atoms with Crippen LogP contribution in [0.1, 0.15) is 23.2 Å². The Balaban J connectivity index is 1.37. The first-order valence-electron chi connectivity index (χ1n) is 10.1. The molecule has 1 saturated heterocycles. The minimum atomic E-state index is -3.59. The number of rotatable bonds is 6. The lowest BCUT2D eigenvalue weighted by molar-refractivity contribution is 0.1000. The van der Waals surface area contributed by atoms with Gasteiger partial charge in [0.25, 0.3) is 0 Å². The number of carbonyl (C=O) groups is 1. The van der Waals surface area contributed by atoms with E-state index in [2.05, 4.69) is 14.6 Å². The first-order chi connectivity index (χ1) is 14.9. The summed E-state index contributed by atoms with van der Waals surface area (Å²) in [4.78, 5) is 17.8. The molecule has 1 aromatic heterocycles. The molecule has 2 heterocycles. The van der Waals surface area contributed by atoms with Gasteiger partial charge in [0, 0.05) is 25.3 Å². The number of piperidine rings is 1. The van der Waals surface area contributed by atoms with Crippen molar-refractivity contribution in [3.8, 4) is 11.1 Å². The van der Waals surface area contributed by atoms with Crippen molar-refractivity contribution >= 4 is 21.7 Å². The zero-order valence-corrected chi connectivity index (χ0v) is 17.8. The third kappa shape index (κ3) is 4.92. The van der Waals surface area contributed by atoms with E-state index in [0.717, 1.165) is 16.9 Å². The van der Waals surface area contributed by atoms with Crippen molar-refractivity contribution in [1.29, 1.82) is 0 Å². The van der Waals surface area contributed by atoms with Crippen LogP contribution >= 0.6 is 0 Å². The summed E-state index contributed by atoms with van der Waals surface area (Å²) in [6, 6.07) is 20.1. The topological polar surface area (TPSA) is 105 Å². The molecular formula is C23H24N4O3S. The predicted octanol–water partition coefficient (Wildman–Crippen LogP) is 2.79. The molecule has 31 heavy (non-hydrogen) atoms. The summed E-state index contributed by atoms with van der Waals surface area (Å²) in [6.07, 6.45) is 2.80. The monoisotopic (exact) mass is 436 g/mol. The molecule has 3 N–H and O–H groups in total. The van der Waals surface area contributed by atoms with E-state index >= 15 is 0 Å². The number of nitrogens with zero attached hydrogens (tertiary/aromatic N) is 2. The quantitative estimate of drug-likeness (QED) is 0.618. The summed E-state index contributed by atoms with van der Waals surface area (Å²) in [5.41, 5.74) is 7.63. The molecule has 1 aliphatic rings. The van der Waals surface area contributed by atoms with Crippen LogP contribution in [0.15, 0.2) is 77.8 Å². The van der Waals surface area contributed by atoms with Crippen LogP contribution in [0, 0.1) is 0 Å². The lowest BCUT2D eigenvalue weighted by Gasteiger charge is -2.33. The smallest absolute Gasteiger partial charge is 0.250 e. The van der Waals surface area contributed by atoms with Gasteiger partial charge in [-0.15, -0.1) is 0 Å². The largest absolute Gasteiger partial charge is 0.366 e. The second kappa shape index (κ2) is 8.87. The van der Waals surface area contributed by atoms with Gasteiger partial charge in [-0.1, -0.05) is 42.5 Å². The molecule has 0 spiro atoms. The van der Waals surface area contributed by atoms with Crippen LogP contribution in [0.3, 0.4) is 0 Å². The number of primary amides is 1. The highest BCUT2D eigenvalue weighted by Crippen LogP contribution is 2.23. The van der Waals surface area contributed by atoms with Gasteiger partial charge in [-0.3, -0.25) is 4.79 Å². The van der Waals surface area contributed by atoms with E-state index in [1.54, 1.807) is 24.3 Å². The van der Waals surface area contributed by atoms with Crippen molar-refractivity contribution in [2.75, 3.05) is 18.0 Å². The molecule has 4 rings (SSSR count). The Morgan fingerprint density at radius 3 is 2.16 bits per heavy atom. The first-order valence-corrected chi connectivity index (χ1v) is 11.6. The Bertz CT molecular complexity index is 1140. The van der Waals surface area contributed by atoms with Crippen molar-refractivity contribution in [2.45, 2.75) is 23.8 Å². The molecule has 0 aliphatic carbocycles. The normalized spacial score (nSPS) is 15.0. The number of amides is 1. The fourth-order valence-electron chi connectivity index (χ4n) is 3.69. The maximum Gasteiger partial charge on any atom is 0.250 e. The SMILES string of the molecule is NC(=O)c1ccc(N2CCC(NS(=O)(=O)c3ccc(-c4ccccc4)cc3)CC2)nc1. The molecule has 0 atom stereocenters. The van der Waals surface area contributed by atoms with Gasteiger partial charge in [0.15, 0.2) is 0 Å². The number of pyridine rings is 1. The van der Waals surface area contributed by atoms with E-state index in [-0.39, 0.29) is 10.9 Å². The Labute approximate surface area is 182 Å². The van der Waals surface area contributed by atoms with Crippen LogP contribution in [0.4, 0.5) is 5.82 Å². The number of nitrogens with two attached hydrogens (primary N) is 1. The second-order valence-electron chi connectivity index (χ2n) is 7.54. The standard InChI is InChI=1S/C23H24N4O3S/c24-23(28)19-8-11-22(25-16-19)27-14-12-20(13-15-27)26-31(29,30)21-9-6-18(7-10-21)17-4-2-1-3-5-17/h1-11,16,20,26H,12-15H2,(H2,24,28). The van der Waals surface area contributed by atoms with Crippen molar-refractivity contribution < 1.29 is 13.2 Å². The van der Waals surface area contributed by atoms with E-state index in [1.165, 1.54) is 6.20 Å². The van der Waals surface area contributed by atoms with Gasteiger partial charge >= 0.3 is 0 Å². The highest BCUT2D eigenvalue weighted by Gasteiger charge is 2.25. The Kier molecular flexibility index (Phi) is 6.01. The molecule has 1 fully saturated rings. The zero-order valence-electron chi connectivity index (χ0n) is 16.9. The number of carbonyl (C=O) groups excluding carboxylic acids is 1. The third-order valence-electron chi connectivity index (χ3n) is 5.44. The Morgan fingerprint density at radius 2 is 1.58 bits per heavy atom. The van der Waals surface area contributed by atoms with Crippen LogP contribution in [-0.4, -0.2) is 38.4 Å². The molecule has 0 saturated carbocycles. The van der Waals surface area contributed by atoms with Gasteiger partial charge in [-0.25, -0.2) is 18.1 Å². The predicted molar refractivity (Wildman–Crippen MR) is 120 cm³/mol. The number of benzene rings is 2. The molecule has 1 amide bonds. The van der Waals surface area contributed by atoms with Gasteiger partial charge in [-0.05, 0) is 48.2 Å². The Morgan fingerprint density at radius 1 is 0.935 bits per heavy atom. The van der Waals surface area contributed by atoms with Crippen molar-refractivity contribution in [3.63, 3.8) is 0 Å². The van der Waals surface area contributed by atoms with E-state index in [4.69, 9.17) is 5.73 Å². The second-order valence-corrected chi connectivity index (χ2v) is 9.26. The van der Waals surface area contributed by atoms with Crippen molar-refractivity contribution in [1.82, 2.24) is 9.71 Å². The van der Waals surface area contributed by atoms with Crippen molar-refractivity contribution in [3.05, 3.63) is 78.5 Å². The van der Waals surface area contributed by atoms with E-state index in [9.17, 15) is 13.2 Å². The van der Waals surface area contributed by atoms with Gasteiger partial charge in [0.05, 0.1) is 10.5 Å². The number of anilines is 1. The van der Waals surface area contributed by atoms with Crippen molar-refractivity contribution in [2.24, 2.45) is 5.73 Å². The number of hydrogen-bond donors (Lipinski definition) is 2. The summed E-state index contributed by atoms with van der Waals surface area (Å²) in [5.74, 6) is 0.242. The van der Waals surface area contributed by atoms with Gasteiger partial charge in [0.2, 0.25) is 15.9 Å². The van der Waals surface area contributed by atoms with Crippen LogP contribution in [-0.2, 0) is 10.0 Å². The number of sulfonamides is 1. The molecule has 0 radical (unpaired) electrons. The molecule has 3 aromatic rings. The molecule has 160 valence electrons. The van der Waals surface area contributed by atoms with Gasteiger partial charge < -0.3 is 10.6 Å². The molecule has 1 aliphatic heterocycles. The highest BCUT2D eigenvalue weighted by molar-refractivity contribution is 7.89. The van der Waals surface area contributed by atoms with Crippen LogP contribution < -0.4 is 15.4 Å². The molecular weight excluding hydrogens is 412 g/mol. The van der Waals surface area contributed by atoms with E-state index < -0.39 is 15.9 Å². The molecule has 0 unspecified atom stereocenters. The molecule has 7 nitrogen and oxygen atoms in total. The molecule has 0 bridgehead atoms. The van der Waals surface area contributed by atoms with Crippen LogP contribution in [0.25, 0.3) is 11.1 Å². The lowest BCUT2D eigenvalue weighted by Crippen LogP contribution is -2.44. The minimum Gasteiger partial charge on any atom is -0.366 e. The summed E-state index contributed by atoms with van der Waals surface area (Å²) in [7, 11) is -3.59. The molecule has 8 heteroatoms. The number of aromatic nitrogens is 1. The average molecular weight is 437 g/mol. The number of nitrogens with one attached hydrogen (secondary N) is 1. The maximum atomic E-state index is 12.8. The van der Waals surface area contributed by atoms with E-state index in [0.29, 0.717) is 31.5 Å².